The number of benzene rings is 2. The Morgan fingerprint density at radius 2 is 1.78 bits per heavy atom. The molecule has 9 heteroatoms. The maximum absolute atomic E-state index is 12.4. The maximum atomic E-state index is 12.4. The highest BCUT2D eigenvalue weighted by atomic mass is 32.2. The molecule has 0 amide bonds. The summed E-state index contributed by atoms with van der Waals surface area (Å²) in [6.45, 7) is 4.67. The van der Waals surface area contributed by atoms with Crippen LogP contribution in [0.5, 0.6) is 0 Å². The van der Waals surface area contributed by atoms with Gasteiger partial charge in [-0.15, -0.1) is 0 Å². The zero-order chi connectivity index (χ0) is 20.2. The second-order valence-corrected chi connectivity index (χ2v) is 8.50. The molecule has 2 aromatic rings. The number of aryl methyl sites for hydroxylation is 2. The van der Waals surface area contributed by atoms with Gasteiger partial charge in [0.2, 0.25) is 10.0 Å². The van der Waals surface area contributed by atoms with Crippen molar-refractivity contribution in [1.29, 1.82) is 0 Å². The van der Waals surface area contributed by atoms with E-state index in [1.54, 1.807) is 0 Å². The number of nitrogens with zero attached hydrogens (tertiary/aromatic N) is 1. The molecule has 27 heavy (non-hydrogen) atoms. The number of hydrogen-bond acceptors (Lipinski definition) is 5. The molecule has 0 saturated carbocycles. The maximum Gasteiger partial charge on any atom is 0.294 e. The first kappa shape index (κ1) is 20.8. The first-order valence-electron chi connectivity index (χ1n) is 8.51. The minimum Gasteiger partial charge on any atom is -0.350 e. The van der Waals surface area contributed by atoms with E-state index in [0.717, 1.165) is 27.8 Å². The third kappa shape index (κ3) is 5.49. The van der Waals surface area contributed by atoms with Crippen LogP contribution < -0.4 is 14.9 Å². The van der Waals surface area contributed by atoms with Crippen molar-refractivity contribution in [3.63, 3.8) is 0 Å². The molecule has 0 aromatic heterocycles. The van der Waals surface area contributed by atoms with E-state index in [4.69, 9.17) is 0 Å². The van der Waals surface area contributed by atoms with Gasteiger partial charge in [-0.2, -0.15) is 0 Å². The standard InChI is InChI=1S/C18H24N4O4S/c1-13-5-6-14(2)17(11-13)20-16-8-7-15(12-18(16)22(23)24)27(25,26)19-9-10-21(3)4/h5-8,11-12,19-20H,9-10H2,1-4H3/p+1. The number of anilines is 2. The largest absolute Gasteiger partial charge is 0.350 e. The van der Waals surface area contributed by atoms with Gasteiger partial charge in [0.05, 0.1) is 37.0 Å². The Labute approximate surface area is 159 Å². The molecule has 0 unspecified atom stereocenters. The van der Waals surface area contributed by atoms with Gasteiger partial charge in [0.25, 0.3) is 5.69 Å². The second kappa shape index (κ2) is 8.47. The van der Waals surface area contributed by atoms with E-state index in [9.17, 15) is 18.5 Å². The van der Waals surface area contributed by atoms with Crippen LogP contribution in [0.4, 0.5) is 17.1 Å². The van der Waals surface area contributed by atoms with Crippen LogP contribution in [0.2, 0.25) is 0 Å². The van der Waals surface area contributed by atoms with Crippen LogP contribution >= 0.6 is 0 Å². The number of nitro groups is 1. The minimum atomic E-state index is -3.81. The molecular formula is C18H25N4O4S+. The van der Waals surface area contributed by atoms with Gasteiger partial charge in [-0.1, -0.05) is 12.1 Å². The van der Waals surface area contributed by atoms with E-state index in [1.807, 2.05) is 46.1 Å². The number of likely N-dealkylation sites (N-methyl/N-ethyl adjacent to an activating group) is 1. The molecule has 0 aliphatic carbocycles. The molecule has 0 spiro atoms. The van der Waals surface area contributed by atoms with E-state index < -0.39 is 14.9 Å². The van der Waals surface area contributed by atoms with Gasteiger partial charge in [0.15, 0.2) is 0 Å². The molecule has 146 valence electrons. The van der Waals surface area contributed by atoms with Crippen LogP contribution in [0.15, 0.2) is 41.3 Å². The van der Waals surface area contributed by atoms with Crippen molar-refractivity contribution in [2.45, 2.75) is 18.7 Å². The molecule has 0 bridgehead atoms. The predicted molar refractivity (Wildman–Crippen MR) is 105 cm³/mol. The first-order chi connectivity index (χ1) is 12.6. The Kier molecular flexibility index (Phi) is 6.53. The van der Waals surface area contributed by atoms with Gasteiger partial charge < -0.3 is 10.2 Å². The summed E-state index contributed by atoms with van der Waals surface area (Å²) in [4.78, 5) is 11.9. The summed E-state index contributed by atoms with van der Waals surface area (Å²) in [7, 11) is 0.00720. The van der Waals surface area contributed by atoms with E-state index in [2.05, 4.69) is 10.0 Å². The molecule has 0 aliphatic rings. The number of nitrogens with one attached hydrogen (secondary N) is 3. The average molecular weight is 393 g/mol. The third-order valence-electron chi connectivity index (χ3n) is 4.06. The van der Waals surface area contributed by atoms with Gasteiger partial charge in [-0.25, -0.2) is 13.1 Å². The molecule has 2 aromatic carbocycles. The highest BCUT2D eigenvalue weighted by Crippen LogP contribution is 2.31. The Hall–Kier alpha value is -2.49. The van der Waals surface area contributed by atoms with Crippen LogP contribution in [0, 0.1) is 24.0 Å². The van der Waals surface area contributed by atoms with Crippen LogP contribution in [-0.4, -0.2) is 40.5 Å². The Morgan fingerprint density at radius 3 is 2.41 bits per heavy atom. The van der Waals surface area contributed by atoms with Gasteiger partial charge in [-0.3, -0.25) is 10.1 Å². The second-order valence-electron chi connectivity index (χ2n) is 6.73. The van der Waals surface area contributed by atoms with Crippen LogP contribution in [0.3, 0.4) is 0 Å². The topological polar surface area (TPSA) is 106 Å². The molecular weight excluding hydrogens is 368 g/mol. The summed E-state index contributed by atoms with van der Waals surface area (Å²) in [5.74, 6) is 0. The molecule has 8 nitrogen and oxygen atoms in total. The van der Waals surface area contributed by atoms with E-state index >= 15 is 0 Å². The lowest BCUT2D eigenvalue weighted by Gasteiger charge is -2.13. The fourth-order valence-electron chi connectivity index (χ4n) is 2.47. The number of nitro benzene ring substituents is 1. The van der Waals surface area contributed by atoms with Gasteiger partial charge in [-0.05, 0) is 43.2 Å². The number of rotatable bonds is 8. The van der Waals surface area contributed by atoms with E-state index in [0.29, 0.717) is 6.54 Å². The normalized spacial score (nSPS) is 11.6. The van der Waals surface area contributed by atoms with Crippen molar-refractivity contribution < 1.29 is 18.2 Å². The molecule has 0 aliphatic heterocycles. The predicted octanol–water partition coefficient (Wildman–Crippen LogP) is 1.38. The van der Waals surface area contributed by atoms with Gasteiger partial charge in [0, 0.05) is 11.8 Å². The summed E-state index contributed by atoms with van der Waals surface area (Å²) >= 11 is 0. The van der Waals surface area contributed by atoms with Crippen molar-refractivity contribution >= 4 is 27.1 Å². The molecule has 2 rings (SSSR count). The molecule has 0 heterocycles. The Morgan fingerprint density at radius 1 is 1.07 bits per heavy atom. The van der Waals surface area contributed by atoms with Crippen molar-refractivity contribution in [3.05, 3.63) is 57.6 Å². The lowest BCUT2D eigenvalue weighted by Crippen LogP contribution is -3.06. The minimum absolute atomic E-state index is 0.130. The molecule has 0 fully saturated rings. The van der Waals surface area contributed by atoms with E-state index in [1.165, 1.54) is 12.1 Å². The van der Waals surface area contributed by atoms with Gasteiger partial charge in [0.1, 0.15) is 5.69 Å². The highest BCUT2D eigenvalue weighted by Gasteiger charge is 2.22. The Bertz CT molecular complexity index is 942. The monoisotopic (exact) mass is 393 g/mol. The fraction of sp³-hybridized carbons (Fsp3) is 0.333. The number of sulfonamides is 1. The number of hydrogen-bond donors (Lipinski definition) is 3. The summed E-state index contributed by atoms with van der Waals surface area (Å²) in [6.07, 6.45) is 0. The first-order valence-corrected chi connectivity index (χ1v) is 10.00. The Balaban J connectivity index is 2.34. The highest BCUT2D eigenvalue weighted by molar-refractivity contribution is 7.89. The van der Waals surface area contributed by atoms with Crippen molar-refractivity contribution in [1.82, 2.24) is 4.72 Å². The molecule has 0 saturated heterocycles. The summed E-state index contributed by atoms with van der Waals surface area (Å²) in [6, 6.07) is 9.62. The fourth-order valence-corrected chi connectivity index (χ4v) is 3.52. The van der Waals surface area contributed by atoms with Gasteiger partial charge >= 0.3 is 0 Å². The lowest BCUT2D eigenvalue weighted by molar-refractivity contribution is -0.856. The van der Waals surface area contributed by atoms with Crippen LogP contribution in [0.25, 0.3) is 0 Å². The van der Waals surface area contributed by atoms with Crippen LogP contribution in [-0.2, 0) is 10.0 Å². The summed E-state index contributed by atoms with van der Waals surface area (Å²) < 4.78 is 27.3. The SMILES string of the molecule is Cc1ccc(C)c(Nc2ccc(S(=O)(=O)NCC[NH+](C)C)cc2[N+](=O)[O-])c1. The number of quaternary nitrogens is 1. The van der Waals surface area contributed by atoms with Crippen LogP contribution in [0.1, 0.15) is 11.1 Å². The average Bonchev–Trinajstić information content (AvgIpc) is 2.57. The quantitative estimate of drug-likeness (QED) is 0.464. The zero-order valence-corrected chi connectivity index (χ0v) is 16.7. The van der Waals surface area contributed by atoms with E-state index in [-0.39, 0.29) is 22.8 Å². The smallest absolute Gasteiger partial charge is 0.294 e. The van der Waals surface area contributed by atoms with Crippen molar-refractivity contribution in [3.8, 4) is 0 Å². The zero-order valence-electron chi connectivity index (χ0n) is 15.9. The summed E-state index contributed by atoms with van der Waals surface area (Å²) in [5, 5.41) is 14.5. The summed E-state index contributed by atoms with van der Waals surface area (Å²) in [5.41, 5.74) is 2.62. The lowest BCUT2D eigenvalue weighted by atomic mass is 10.1. The third-order valence-corrected chi connectivity index (χ3v) is 5.51. The van der Waals surface area contributed by atoms with Crippen molar-refractivity contribution in [2.24, 2.45) is 0 Å². The molecule has 0 radical (unpaired) electrons. The molecule has 0 atom stereocenters. The molecule has 3 N–H and O–H groups in total. The van der Waals surface area contributed by atoms with Crippen molar-refractivity contribution in [2.75, 3.05) is 32.5 Å².